The number of hydrogen-bond acceptors (Lipinski definition) is 8. The molecule has 0 radical (unpaired) electrons. The average Bonchev–Trinajstić information content (AvgIpc) is 3.37. The first-order valence-electron chi connectivity index (χ1n) is 31.5. The topological polar surface area (TPSA) is 111 Å². The second kappa shape index (κ2) is 56.4. The molecule has 9 nitrogen and oxygen atoms in total. The van der Waals surface area contributed by atoms with Crippen LogP contribution >= 0.6 is 7.82 Å². The van der Waals surface area contributed by atoms with Crippen LogP contribution in [-0.4, -0.2) is 70.0 Å². The van der Waals surface area contributed by atoms with Crippen molar-refractivity contribution in [3.63, 3.8) is 0 Å². The molecule has 0 fully saturated rings. The van der Waals surface area contributed by atoms with E-state index in [1.807, 2.05) is 21.1 Å². The summed E-state index contributed by atoms with van der Waals surface area (Å²) in [5, 5.41) is 0. The molecule has 2 unspecified atom stereocenters. The van der Waals surface area contributed by atoms with E-state index >= 15 is 0 Å². The van der Waals surface area contributed by atoms with Crippen LogP contribution in [0.25, 0.3) is 0 Å². The first kappa shape index (κ1) is 72.7. The van der Waals surface area contributed by atoms with Crippen molar-refractivity contribution in [3.05, 3.63) is 60.8 Å². The summed E-state index contributed by atoms with van der Waals surface area (Å²) in [6.45, 7) is 4.15. The number of phosphoric acid groups is 1. The molecular formula is C65H120NO8P. The Balaban J connectivity index is 4.10. The molecule has 0 aromatic heterocycles. The van der Waals surface area contributed by atoms with E-state index in [1.54, 1.807) is 0 Å². The van der Waals surface area contributed by atoms with Gasteiger partial charge < -0.3 is 27.9 Å². The van der Waals surface area contributed by atoms with Gasteiger partial charge >= 0.3 is 11.9 Å². The molecule has 0 aromatic rings. The summed E-state index contributed by atoms with van der Waals surface area (Å²) in [4.78, 5) is 37.9. The van der Waals surface area contributed by atoms with Crippen LogP contribution in [0, 0.1) is 0 Å². The fourth-order valence-electron chi connectivity index (χ4n) is 8.98. The second-order valence-electron chi connectivity index (χ2n) is 22.4. The van der Waals surface area contributed by atoms with Crippen molar-refractivity contribution in [2.75, 3.05) is 47.5 Å². The van der Waals surface area contributed by atoms with Crippen molar-refractivity contribution in [1.82, 2.24) is 0 Å². The summed E-state index contributed by atoms with van der Waals surface area (Å²) in [6, 6.07) is 0. The third-order valence-corrected chi connectivity index (χ3v) is 14.8. The number of carbonyl (C=O) groups is 2. The first-order valence-corrected chi connectivity index (χ1v) is 33.0. The molecule has 0 saturated heterocycles. The van der Waals surface area contributed by atoms with Crippen molar-refractivity contribution in [2.45, 2.75) is 296 Å². The van der Waals surface area contributed by atoms with E-state index in [0.717, 1.165) is 77.0 Å². The standard InChI is InChI=1S/C65H120NO8P/c1-6-8-10-12-14-16-18-20-22-24-26-28-30-31-32-33-34-36-37-39-41-43-45-47-49-51-53-55-57-64(67)71-61-63(62-73-75(69,70)72-60-59-66(3,4)5)74-65(68)58-56-54-52-50-48-46-44-42-40-38-35-29-27-25-23-21-19-17-15-13-11-9-7-2/h9,11,15,17,21,23,27,29,38,40,63H,6-8,10,12-14,16,18-20,22,24-26,28,30-37,39,41-62H2,1-5H3/b11-9-,17-15-,23-21-,29-27-,40-38-. The lowest BCUT2D eigenvalue weighted by Gasteiger charge is -2.28. The summed E-state index contributed by atoms with van der Waals surface area (Å²) >= 11 is 0. The largest absolute Gasteiger partial charge is 0.756 e. The molecule has 2 atom stereocenters. The van der Waals surface area contributed by atoms with E-state index in [9.17, 15) is 19.0 Å². The number of unbranched alkanes of at least 4 members (excludes halogenated alkanes) is 34. The highest BCUT2D eigenvalue weighted by molar-refractivity contribution is 7.45. The van der Waals surface area contributed by atoms with E-state index in [0.29, 0.717) is 17.4 Å². The van der Waals surface area contributed by atoms with Crippen molar-refractivity contribution < 1.29 is 42.1 Å². The van der Waals surface area contributed by atoms with E-state index in [1.165, 1.54) is 180 Å². The summed E-state index contributed by atoms with van der Waals surface area (Å²) in [6.07, 6.45) is 72.8. The van der Waals surface area contributed by atoms with Gasteiger partial charge in [0.15, 0.2) is 6.10 Å². The maximum atomic E-state index is 12.8. The highest BCUT2D eigenvalue weighted by Gasteiger charge is 2.22. The van der Waals surface area contributed by atoms with E-state index in [-0.39, 0.29) is 32.0 Å². The van der Waals surface area contributed by atoms with Crippen molar-refractivity contribution in [1.29, 1.82) is 0 Å². The first-order chi connectivity index (χ1) is 36.5. The highest BCUT2D eigenvalue weighted by atomic mass is 31.2. The summed E-state index contributed by atoms with van der Waals surface area (Å²) < 4.78 is 34.2. The number of likely N-dealkylation sites (N-methyl/N-ethyl adjacent to an activating group) is 1. The molecule has 0 heterocycles. The Bertz CT molecular complexity index is 1450. The fourth-order valence-corrected chi connectivity index (χ4v) is 9.71. The minimum absolute atomic E-state index is 0.0340. The zero-order valence-corrected chi connectivity index (χ0v) is 50.6. The summed E-state index contributed by atoms with van der Waals surface area (Å²) in [7, 11) is 1.16. The van der Waals surface area contributed by atoms with Crippen molar-refractivity contribution >= 4 is 19.8 Å². The Labute approximate surface area is 464 Å². The minimum atomic E-state index is -4.64. The summed E-state index contributed by atoms with van der Waals surface area (Å²) in [5.41, 5.74) is 0. The van der Waals surface area contributed by atoms with Gasteiger partial charge in [-0.05, 0) is 57.8 Å². The zero-order valence-electron chi connectivity index (χ0n) is 49.7. The van der Waals surface area contributed by atoms with Crippen LogP contribution in [0.4, 0.5) is 0 Å². The highest BCUT2D eigenvalue weighted by Crippen LogP contribution is 2.38. The number of ether oxygens (including phenoxy) is 2. The Morgan fingerprint density at radius 3 is 1.13 bits per heavy atom. The van der Waals surface area contributed by atoms with E-state index in [2.05, 4.69) is 74.6 Å². The molecule has 438 valence electrons. The molecule has 0 saturated carbocycles. The van der Waals surface area contributed by atoms with Gasteiger partial charge in [0.2, 0.25) is 0 Å². The van der Waals surface area contributed by atoms with Gasteiger partial charge in [-0.1, -0.05) is 280 Å². The smallest absolute Gasteiger partial charge is 0.306 e. The van der Waals surface area contributed by atoms with Gasteiger partial charge in [-0.3, -0.25) is 14.2 Å². The molecule has 0 bridgehead atoms. The molecule has 75 heavy (non-hydrogen) atoms. The third kappa shape index (κ3) is 60.8. The van der Waals surface area contributed by atoms with Gasteiger partial charge in [0, 0.05) is 12.8 Å². The molecule has 0 N–H and O–H groups in total. The molecule has 0 rings (SSSR count). The van der Waals surface area contributed by atoms with E-state index < -0.39 is 26.5 Å². The predicted octanol–water partition coefficient (Wildman–Crippen LogP) is 19.2. The molecule has 0 spiro atoms. The van der Waals surface area contributed by atoms with Gasteiger partial charge in [0.1, 0.15) is 19.8 Å². The fraction of sp³-hybridized carbons (Fsp3) is 0.815. The molecule has 0 amide bonds. The molecule has 0 aromatic carbocycles. The molecular weight excluding hydrogens is 954 g/mol. The number of esters is 2. The Morgan fingerprint density at radius 2 is 0.760 bits per heavy atom. The Hall–Kier alpha value is -2.29. The van der Waals surface area contributed by atoms with E-state index in [4.69, 9.17) is 18.5 Å². The molecule has 0 aliphatic rings. The van der Waals surface area contributed by atoms with Gasteiger partial charge in [-0.25, -0.2) is 0 Å². The van der Waals surface area contributed by atoms with Crippen LogP contribution in [0.1, 0.15) is 290 Å². The number of nitrogens with zero attached hydrogens (tertiary/aromatic N) is 1. The van der Waals surface area contributed by atoms with Crippen LogP contribution in [0.15, 0.2) is 60.8 Å². The molecule has 10 heteroatoms. The average molecular weight is 1070 g/mol. The Morgan fingerprint density at radius 1 is 0.427 bits per heavy atom. The number of rotatable bonds is 58. The number of phosphoric ester groups is 1. The molecule has 0 aliphatic carbocycles. The number of allylic oxidation sites excluding steroid dienone is 10. The van der Waals surface area contributed by atoms with Crippen LogP contribution < -0.4 is 4.89 Å². The molecule has 0 aliphatic heterocycles. The summed E-state index contributed by atoms with van der Waals surface area (Å²) in [5.74, 6) is -0.836. The van der Waals surface area contributed by atoms with Gasteiger partial charge in [-0.2, -0.15) is 0 Å². The maximum Gasteiger partial charge on any atom is 0.306 e. The minimum Gasteiger partial charge on any atom is -0.756 e. The zero-order chi connectivity index (χ0) is 54.9. The van der Waals surface area contributed by atoms with Gasteiger partial charge in [-0.15, -0.1) is 0 Å². The Kier molecular flexibility index (Phi) is 54.7. The lowest BCUT2D eigenvalue weighted by atomic mass is 10.0. The number of quaternary nitrogens is 1. The maximum absolute atomic E-state index is 12.8. The van der Waals surface area contributed by atoms with Crippen LogP contribution in [-0.2, 0) is 32.7 Å². The number of carbonyl (C=O) groups excluding carboxylic acids is 2. The van der Waals surface area contributed by atoms with Gasteiger partial charge in [0.25, 0.3) is 7.82 Å². The second-order valence-corrected chi connectivity index (χ2v) is 23.8. The normalized spacial score (nSPS) is 13.6. The third-order valence-electron chi connectivity index (χ3n) is 13.8. The van der Waals surface area contributed by atoms with Crippen LogP contribution in [0.3, 0.4) is 0 Å². The van der Waals surface area contributed by atoms with Crippen LogP contribution in [0.5, 0.6) is 0 Å². The van der Waals surface area contributed by atoms with Gasteiger partial charge in [0.05, 0.1) is 27.7 Å². The van der Waals surface area contributed by atoms with Crippen molar-refractivity contribution in [2.24, 2.45) is 0 Å². The quantitative estimate of drug-likeness (QED) is 0.0195. The predicted molar refractivity (Wildman–Crippen MR) is 319 cm³/mol. The lowest BCUT2D eigenvalue weighted by Crippen LogP contribution is -2.37. The SMILES string of the molecule is CC/C=C\C/C=C\C/C=C\C/C=C\C/C=C\CCCCCCCCCC(=O)OC(COC(=O)CCCCCCCCCCCCCCCCCCCCCCCCCCCCCC)COP(=O)([O-])OCC[N+](C)(C)C. The monoisotopic (exact) mass is 1070 g/mol. The lowest BCUT2D eigenvalue weighted by molar-refractivity contribution is -0.870. The number of hydrogen-bond donors (Lipinski definition) is 0. The van der Waals surface area contributed by atoms with Crippen LogP contribution in [0.2, 0.25) is 0 Å². The van der Waals surface area contributed by atoms with Crippen molar-refractivity contribution in [3.8, 4) is 0 Å².